The summed E-state index contributed by atoms with van der Waals surface area (Å²) in [7, 11) is 0. The second kappa shape index (κ2) is 7.55. The number of benzene rings is 1. The lowest BCUT2D eigenvalue weighted by atomic mass is 9.99. The lowest BCUT2D eigenvalue weighted by Crippen LogP contribution is -2.31. The van der Waals surface area contributed by atoms with E-state index in [4.69, 9.17) is 4.74 Å². The molecular formula is C17H18N2O4S. The van der Waals surface area contributed by atoms with E-state index >= 15 is 0 Å². The van der Waals surface area contributed by atoms with Crippen molar-refractivity contribution in [3.63, 3.8) is 0 Å². The van der Waals surface area contributed by atoms with Crippen molar-refractivity contribution in [1.82, 2.24) is 10.3 Å². The minimum atomic E-state index is -0.972. The average Bonchev–Trinajstić information content (AvgIpc) is 3.27. The largest absolute Gasteiger partial charge is 0.481 e. The van der Waals surface area contributed by atoms with Crippen LogP contribution in [0.4, 0.5) is 0 Å². The third-order valence-electron chi connectivity index (χ3n) is 3.93. The van der Waals surface area contributed by atoms with Crippen LogP contribution in [-0.2, 0) is 9.53 Å². The molecule has 2 atom stereocenters. The Morgan fingerprint density at radius 3 is 2.83 bits per heavy atom. The van der Waals surface area contributed by atoms with Crippen molar-refractivity contribution in [1.29, 1.82) is 0 Å². The van der Waals surface area contributed by atoms with Gasteiger partial charge < -0.3 is 15.2 Å². The fourth-order valence-electron chi connectivity index (χ4n) is 2.63. The number of amides is 1. The molecule has 1 saturated heterocycles. The first-order valence-electron chi connectivity index (χ1n) is 7.78. The van der Waals surface area contributed by atoms with Crippen molar-refractivity contribution in [2.45, 2.75) is 24.9 Å². The molecule has 24 heavy (non-hydrogen) atoms. The first-order chi connectivity index (χ1) is 11.6. The fraction of sp³-hybridized carbons (Fsp3) is 0.353. The summed E-state index contributed by atoms with van der Waals surface area (Å²) in [5, 5.41) is 14.5. The monoisotopic (exact) mass is 346 g/mol. The number of carbonyl (C=O) groups is 2. The number of ether oxygens (including phenoxy) is 1. The van der Waals surface area contributed by atoms with E-state index in [0.29, 0.717) is 11.3 Å². The number of carbonyl (C=O) groups excluding carboxylic acids is 1. The molecule has 0 aliphatic carbocycles. The molecular weight excluding hydrogens is 328 g/mol. The average molecular weight is 346 g/mol. The van der Waals surface area contributed by atoms with Gasteiger partial charge in [0.15, 0.2) is 0 Å². The van der Waals surface area contributed by atoms with E-state index in [1.54, 1.807) is 29.6 Å². The molecule has 126 valence electrons. The van der Waals surface area contributed by atoms with E-state index in [0.717, 1.165) is 24.5 Å². The minimum absolute atomic E-state index is 0.0188. The fourth-order valence-corrected chi connectivity index (χ4v) is 3.51. The van der Waals surface area contributed by atoms with Gasteiger partial charge in [0.2, 0.25) is 0 Å². The van der Waals surface area contributed by atoms with Crippen molar-refractivity contribution in [2.24, 2.45) is 0 Å². The maximum atomic E-state index is 12.2. The Labute approximate surface area is 143 Å². The van der Waals surface area contributed by atoms with Crippen LogP contribution < -0.4 is 5.32 Å². The topological polar surface area (TPSA) is 88.5 Å². The molecule has 2 heterocycles. The van der Waals surface area contributed by atoms with E-state index in [1.165, 1.54) is 11.3 Å². The Morgan fingerprint density at radius 1 is 1.38 bits per heavy atom. The smallest absolute Gasteiger partial charge is 0.312 e. The van der Waals surface area contributed by atoms with Crippen LogP contribution in [0.1, 0.15) is 45.9 Å². The Morgan fingerprint density at radius 2 is 2.17 bits per heavy atom. The summed E-state index contributed by atoms with van der Waals surface area (Å²) in [5.41, 5.74) is 0.964. The van der Waals surface area contributed by atoms with Gasteiger partial charge in [-0.1, -0.05) is 30.3 Å². The second-order valence-corrected chi connectivity index (χ2v) is 6.47. The summed E-state index contributed by atoms with van der Waals surface area (Å²) in [6, 6.07) is 8.86. The zero-order valence-corrected chi connectivity index (χ0v) is 13.8. The number of rotatable bonds is 6. The summed E-state index contributed by atoms with van der Waals surface area (Å²) in [6.45, 7) is 0.744. The van der Waals surface area contributed by atoms with Crippen molar-refractivity contribution < 1.29 is 19.4 Å². The van der Waals surface area contributed by atoms with Gasteiger partial charge >= 0.3 is 5.97 Å². The van der Waals surface area contributed by atoms with E-state index in [1.807, 2.05) is 6.07 Å². The number of nitrogens with zero attached hydrogens (tertiary/aromatic N) is 1. The summed E-state index contributed by atoms with van der Waals surface area (Å²) in [4.78, 5) is 28.0. The van der Waals surface area contributed by atoms with Gasteiger partial charge in [-0.25, -0.2) is 4.98 Å². The number of carboxylic acids is 1. The standard InChI is InChI=1S/C17H18N2O4S/c20-15(13-10-24-16(19-13)14-7-4-8-23-14)18-9-12(17(21)22)11-5-2-1-3-6-11/h1-3,5-6,10,12,14H,4,7-9H2,(H,18,20)(H,21,22). The number of thiazole rings is 1. The van der Waals surface area contributed by atoms with Gasteiger partial charge in [0, 0.05) is 18.5 Å². The summed E-state index contributed by atoms with van der Waals surface area (Å²) in [6.07, 6.45) is 1.90. The quantitative estimate of drug-likeness (QED) is 0.839. The van der Waals surface area contributed by atoms with E-state index in [9.17, 15) is 14.7 Å². The molecule has 6 nitrogen and oxygen atoms in total. The highest BCUT2D eigenvalue weighted by atomic mass is 32.1. The van der Waals surface area contributed by atoms with E-state index in [-0.39, 0.29) is 18.6 Å². The van der Waals surface area contributed by atoms with E-state index < -0.39 is 11.9 Å². The molecule has 0 spiro atoms. The van der Waals surface area contributed by atoms with Crippen LogP contribution in [-0.4, -0.2) is 35.1 Å². The SMILES string of the molecule is O=C(NCC(C(=O)O)c1ccccc1)c1csc(C2CCCO2)n1. The number of hydrogen-bond donors (Lipinski definition) is 2. The lowest BCUT2D eigenvalue weighted by Gasteiger charge is -2.13. The predicted molar refractivity (Wildman–Crippen MR) is 89.2 cm³/mol. The number of aromatic nitrogens is 1. The second-order valence-electron chi connectivity index (χ2n) is 5.58. The minimum Gasteiger partial charge on any atom is -0.481 e. The van der Waals surface area contributed by atoms with Crippen LogP contribution in [0.15, 0.2) is 35.7 Å². The maximum Gasteiger partial charge on any atom is 0.312 e. The molecule has 0 radical (unpaired) electrons. The van der Waals surface area contributed by atoms with Gasteiger partial charge in [0.05, 0.1) is 5.92 Å². The van der Waals surface area contributed by atoms with Crippen LogP contribution in [0.3, 0.4) is 0 Å². The number of aliphatic carboxylic acids is 1. The van der Waals surface area contributed by atoms with Crippen molar-refractivity contribution in [3.8, 4) is 0 Å². The molecule has 0 bridgehead atoms. The highest BCUT2D eigenvalue weighted by molar-refractivity contribution is 7.09. The van der Waals surface area contributed by atoms with Gasteiger partial charge in [0.25, 0.3) is 5.91 Å². The van der Waals surface area contributed by atoms with Gasteiger partial charge in [-0.3, -0.25) is 9.59 Å². The maximum absolute atomic E-state index is 12.2. The molecule has 0 saturated carbocycles. The molecule has 3 rings (SSSR count). The normalized spacial score (nSPS) is 18.2. The van der Waals surface area contributed by atoms with Crippen LogP contribution in [0.2, 0.25) is 0 Å². The van der Waals surface area contributed by atoms with Gasteiger partial charge in [-0.2, -0.15) is 0 Å². The van der Waals surface area contributed by atoms with Crippen LogP contribution in [0.25, 0.3) is 0 Å². The predicted octanol–water partition coefficient (Wildman–Crippen LogP) is 2.59. The molecule has 7 heteroatoms. The molecule has 1 aromatic carbocycles. The highest BCUT2D eigenvalue weighted by Gasteiger charge is 2.24. The Bertz CT molecular complexity index is 710. The third kappa shape index (κ3) is 3.80. The van der Waals surface area contributed by atoms with Crippen LogP contribution in [0.5, 0.6) is 0 Å². The van der Waals surface area contributed by atoms with Crippen molar-refractivity contribution in [3.05, 3.63) is 52.0 Å². The van der Waals surface area contributed by atoms with Gasteiger partial charge in [-0.05, 0) is 18.4 Å². The first kappa shape index (κ1) is 16.6. The number of hydrogen-bond acceptors (Lipinski definition) is 5. The Balaban J connectivity index is 1.62. The number of nitrogens with one attached hydrogen (secondary N) is 1. The van der Waals surface area contributed by atoms with Gasteiger partial charge in [-0.15, -0.1) is 11.3 Å². The molecule has 1 aliphatic heterocycles. The summed E-state index contributed by atoms with van der Waals surface area (Å²) in [5.74, 6) is -2.12. The third-order valence-corrected chi connectivity index (χ3v) is 4.86. The zero-order valence-electron chi connectivity index (χ0n) is 13.0. The molecule has 1 fully saturated rings. The summed E-state index contributed by atoms with van der Waals surface area (Å²) < 4.78 is 5.56. The molecule has 1 aromatic heterocycles. The van der Waals surface area contributed by atoms with Crippen molar-refractivity contribution >= 4 is 23.2 Å². The molecule has 2 N–H and O–H groups in total. The van der Waals surface area contributed by atoms with Crippen molar-refractivity contribution in [2.75, 3.05) is 13.2 Å². The first-order valence-corrected chi connectivity index (χ1v) is 8.66. The van der Waals surface area contributed by atoms with Gasteiger partial charge in [0.1, 0.15) is 16.8 Å². The molecule has 2 aromatic rings. The highest BCUT2D eigenvalue weighted by Crippen LogP contribution is 2.30. The number of carboxylic acid groups (broad SMARTS) is 1. The molecule has 2 unspecified atom stereocenters. The Kier molecular flexibility index (Phi) is 5.22. The molecule has 1 amide bonds. The van der Waals surface area contributed by atoms with Crippen LogP contribution in [0, 0.1) is 0 Å². The lowest BCUT2D eigenvalue weighted by molar-refractivity contribution is -0.138. The Hall–Kier alpha value is -2.25. The van der Waals surface area contributed by atoms with E-state index in [2.05, 4.69) is 10.3 Å². The summed E-state index contributed by atoms with van der Waals surface area (Å²) >= 11 is 1.40. The molecule has 1 aliphatic rings. The zero-order chi connectivity index (χ0) is 16.9. The van der Waals surface area contributed by atoms with Crippen LogP contribution >= 0.6 is 11.3 Å².